The summed E-state index contributed by atoms with van der Waals surface area (Å²) in [4.78, 5) is 0. The summed E-state index contributed by atoms with van der Waals surface area (Å²) in [6.07, 6.45) is 8.01. The van der Waals surface area contributed by atoms with Crippen molar-refractivity contribution >= 4 is 13.4 Å². The number of aliphatic hydroxyl groups is 1. The van der Waals surface area contributed by atoms with Crippen LogP contribution in [0.5, 0.6) is 0 Å². The van der Waals surface area contributed by atoms with Crippen molar-refractivity contribution in [2.45, 2.75) is 98.9 Å². The van der Waals surface area contributed by atoms with Crippen molar-refractivity contribution in [3.8, 4) is 0 Å². The maximum Gasteiger partial charge on any atom is 0.119 e. The van der Waals surface area contributed by atoms with Gasteiger partial charge in [0.2, 0.25) is 0 Å². The summed E-state index contributed by atoms with van der Waals surface area (Å²) in [6.45, 7) is 18.9. The number of benzene rings is 3. The summed E-state index contributed by atoms with van der Waals surface area (Å²) in [7, 11) is 5.81. The zero-order chi connectivity index (χ0) is 28.1. The van der Waals surface area contributed by atoms with E-state index in [1.54, 1.807) is 0 Å². The fraction of sp³-hybridized carbons (Fsp3) is 0.429. The van der Waals surface area contributed by atoms with E-state index < -0.39 is 5.50 Å². The van der Waals surface area contributed by atoms with E-state index in [0.29, 0.717) is 6.42 Å². The van der Waals surface area contributed by atoms with Gasteiger partial charge < -0.3 is 5.11 Å². The van der Waals surface area contributed by atoms with Gasteiger partial charge in [-0.2, -0.15) is 0 Å². The van der Waals surface area contributed by atoms with Crippen molar-refractivity contribution in [3.05, 3.63) is 113 Å². The van der Waals surface area contributed by atoms with Crippen LogP contribution in [0.1, 0.15) is 108 Å². The summed E-state index contributed by atoms with van der Waals surface area (Å²) in [5, 5.41) is 9.96. The number of unbranched alkanes of at least 4 members (excludes halogenated alkanes) is 2. The molecule has 0 amide bonds. The van der Waals surface area contributed by atoms with Crippen LogP contribution in [0.4, 0.5) is 0 Å². The molecule has 0 aliphatic rings. The molecule has 1 unspecified atom stereocenters. The van der Waals surface area contributed by atoms with Crippen LogP contribution in [0, 0.1) is 6.92 Å². The van der Waals surface area contributed by atoms with Gasteiger partial charge in [0.05, 0.1) is 0 Å². The van der Waals surface area contributed by atoms with Gasteiger partial charge >= 0.3 is 0 Å². The third kappa shape index (κ3) is 14.1. The van der Waals surface area contributed by atoms with Crippen LogP contribution in [0.3, 0.4) is 0 Å². The normalized spacial score (nSPS) is 11.4. The first-order chi connectivity index (χ1) is 17.7. The Labute approximate surface area is 230 Å². The van der Waals surface area contributed by atoms with E-state index in [2.05, 4.69) is 72.4 Å². The second-order valence-electron chi connectivity index (χ2n) is 9.44. The molecule has 0 aromatic heterocycles. The SMILES string of the molecule is C=C(c1ccccc1)c1ccccc1.CCC.CCCCC.[B]C(O)(CC)c1ccc(C)c(CCC)c1. The molecule has 37 heavy (non-hydrogen) atoms. The maximum atomic E-state index is 9.96. The molecule has 0 heterocycles. The molecule has 2 radical (unpaired) electrons. The number of aryl methyl sites for hydroxylation is 2. The molecule has 0 spiro atoms. The zero-order valence-electron chi connectivity index (χ0n) is 24.7. The summed E-state index contributed by atoms with van der Waals surface area (Å²) < 4.78 is 0. The van der Waals surface area contributed by atoms with Crippen molar-refractivity contribution in [1.29, 1.82) is 0 Å². The Bertz CT molecular complexity index is 918. The molecule has 0 aliphatic heterocycles. The molecule has 1 nitrogen and oxygen atoms in total. The highest BCUT2D eigenvalue weighted by Crippen LogP contribution is 2.24. The average Bonchev–Trinajstić information content (AvgIpc) is 2.92. The zero-order valence-corrected chi connectivity index (χ0v) is 24.7. The molecule has 3 aromatic carbocycles. The fourth-order valence-corrected chi connectivity index (χ4v) is 3.48. The lowest BCUT2D eigenvalue weighted by atomic mass is 9.73. The van der Waals surface area contributed by atoms with Gasteiger partial charge in [-0.05, 0) is 53.2 Å². The maximum absolute atomic E-state index is 9.96. The van der Waals surface area contributed by atoms with E-state index in [0.717, 1.165) is 24.0 Å². The van der Waals surface area contributed by atoms with Crippen LogP contribution >= 0.6 is 0 Å². The smallest absolute Gasteiger partial charge is 0.119 e. The molecule has 1 atom stereocenters. The highest BCUT2D eigenvalue weighted by Gasteiger charge is 2.20. The van der Waals surface area contributed by atoms with Gasteiger partial charge in [0.1, 0.15) is 7.85 Å². The minimum Gasteiger partial charge on any atom is -0.395 e. The third-order valence-corrected chi connectivity index (χ3v) is 5.86. The van der Waals surface area contributed by atoms with Crippen LogP contribution in [0.15, 0.2) is 85.4 Å². The molecule has 3 aromatic rings. The first-order valence-corrected chi connectivity index (χ1v) is 14.1. The van der Waals surface area contributed by atoms with Gasteiger partial charge in [-0.25, -0.2) is 0 Å². The second kappa shape index (κ2) is 20.5. The van der Waals surface area contributed by atoms with Gasteiger partial charge in [-0.15, -0.1) is 0 Å². The molecule has 0 aliphatic carbocycles. The van der Waals surface area contributed by atoms with Crippen molar-refractivity contribution in [1.82, 2.24) is 0 Å². The predicted octanol–water partition coefficient (Wildman–Crippen LogP) is 10.0. The van der Waals surface area contributed by atoms with Gasteiger partial charge in [-0.3, -0.25) is 0 Å². The summed E-state index contributed by atoms with van der Waals surface area (Å²) in [5.41, 5.74) is 5.62. The fourth-order valence-electron chi connectivity index (χ4n) is 3.48. The topological polar surface area (TPSA) is 20.2 Å². The van der Waals surface area contributed by atoms with Crippen molar-refractivity contribution < 1.29 is 5.11 Å². The first-order valence-electron chi connectivity index (χ1n) is 14.1. The largest absolute Gasteiger partial charge is 0.395 e. The lowest BCUT2D eigenvalue weighted by molar-refractivity contribution is 0.123. The van der Waals surface area contributed by atoms with Crippen LogP contribution < -0.4 is 0 Å². The standard InChI is InChI=1S/C14H12.C13H19BO.C5H12.C3H8/c1-12(13-8-4-2-5-9-13)14-10-6-3-7-11-14;1-4-6-11-9-12(8-7-10(11)3)13(14,15)5-2;1-3-5-4-2;1-3-2/h2-11H,1H2;7-9,15H,4-6H2,1-3H3;3-5H2,1-2H3;3H2,1-2H3. The predicted molar refractivity (Wildman–Crippen MR) is 167 cm³/mol. The van der Waals surface area contributed by atoms with E-state index in [-0.39, 0.29) is 0 Å². The average molecular weight is 499 g/mol. The molecular weight excluding hydrogens is 447 g/mol. The third-order valence-electron chi connectivity index (χ3n) is 5.86. The van der Waals surface area contributed by atoms with Crippen LogP contribution in [0.2, 0.25) is 0 Å². The van der Waals surface area contributed by atoms with Crippen LogP contribution in [0.25, 0.3) is 5.57 Å². The number of rotatable bonds is 8. The minimum atomic E-state index is -1.18. The molecular formula is C35H51BO. The second-order valence-corrected chi connectivity index (χ2v) is 9.44. The molecule has 0 saturated heterocycles. The van der Waals surface area contributed by atoms with Crippen LogP contribution in [-0.2, 0) is 11.9 Å². The van der Waals surface area contributed by atoms with Crippen molar-refractivity contribution in [3.63, 3.8) is 0 Å². The molecule has 1 N–H and O–H groups in total. The van der Waals surface area contributed by atoms with E-state index in [9.17, 15) is 5.11 Å². The first kappa shape index (κ1) is 34.4. The highest BCUT2D eigenvalue weighted by molar-refractivity contribution is 6.14. The molecule has 0 fully saturated rings. The summed E-state index contributed by atoms with van der Waals surface area (Å²) in [6, 6.07) is 26.5. The summed E-state index contributed by atoms with van der Waals surface area (Å²) in [5.74, 6) is 0. The summed E-state index contributed by atoms with van der Waals surface area (Å²) >= 11 is 0. The monoisotopic (exact) mass is 498 g/mol. The van der Waals surface area contributed by atoms with Crippen molar-refractivity contribution in [2.75, 3.05) is 0 Å². The molecule has 200 valence electrons. The van der Waals surface area contributed by atoms with Gasteiger partial charge in [0.15, 0.2) is 0 Å². The lowest BCUT2D eigenvalue weighted by Crippen LogP contribution is -2.24. The van der Waals surface area contributed by atoms with Crippen LogP contribution in [-0.4, -0.2) is 13.0 Å². The quantitative estimate of drug-likeness (QED) is 0.306. The Balaban J connectivity index is 0.000000546. The number of hydrogen-bond donors (Lipinski definition) is 1. The molecule has 3 rings (SSSR count). The van der Waals surface area contributed by atoms with Gasteiger partial charge in [0.25, 0.3) is 0 Å². The van der Waals surface area contributed by atoms with E-state index >= 15 is 0 Å². The lowest BCUT2D eigenvalue weighted by Gasteiger charge is -2.23. The minimum absolute atomic E-state index is 0.529. The van der Waals surface area contributed by atoms with E-state index in [1.165, 1.54) is 47.9 Å². The number of hydrogen-bond acceptors (Lipinski definition) is 1. The Hall–Kier alpha value is -2.58. The molecule has 0 saturated carbocycles. The van der Waals surface area contributed by atoms with Gasteiger partial charge in [-0.1, -0.05) is 159 Å². The Morgan fingerprint density at radius 3 is 1.57 bits per heavy atom. The Kier molecular flexibility index (Phi) is 19.1. The molecule has 0 bridgehead atoms. The van der Waals surface area contributed by atoms with E-state index in [4.69, 9.17) is 7.85 Å². The molecule has 2 heteroatoms. The Morgan fingerprint density at radius 1 is 0.757 bits per heavy atom. The van der Waals surface area contributed by atoms with Gasteiger partial charge in [0, 0.05) is 5.50 Å². The van der Waals surface area contributed by atoms with E-state index in [1.807, 2.05) is 61.5 Å². The highest BCUT2D eigenvalue weighted by atomic mass is 16.3. The van der Waals surface area contributed by atoms with Crippen molar-refractivity contribution in [2.24, 2.45) is 0 Å². The Morgan fingerprint density at radius 2 is 1.22 bits per heavy atom.